The summed E-state index contributed by atoms with van der Waals surface area (Å²) in [4.78, 5) is 4.56. The van der Waals surface area contributed by atoms with Gasteiger partial charge in [-0.15, -0.1) is 0 Å². The van der Waals surface area contributed by atoms with Gasteiger partial charge < -0.3 is 4.40 Å². The second-order valence-corrected chi connectivity index (χ2v) is 8.81. The summed E-state index contributed by atoms with van der Waals surface area (Å²) in [6.45, 7) is 11.3. The van der Waals surface area contributed by atoms with Gasteiger partial charge in [-0.3, -0.25) is 0 Å². The molecule has 4 aromatic heterocycles. The molecule has 4 heterocycles. The first kappa shape index (κ1) is 16.8. The third-order valence-electron chi connectivity index (χ3n) is 5.15. The Morgan fingerprint density at radius 3 is 2.54 bits per heavy atom. The minimum Gasteiger partial charge on any atom is -0.304 e. The molecule has 0 aromatic carbocycles. The molecule has 0 bridgehead atoms. The zero-order valence-corrected chi connectivity index (χ0v) is 16.2. The highest BCUT2D eigenvalue weighted by Gasteiger charge is 2.26. The standard InChI is InChI=1S/C22H26N4/c1-21(2,3)17-14-24-26-11-9-16(12-18(17)26)13-22(4,5)19-15-23-20-8-6-7-10-25(19)20/h6-12,14-15H,13H2,1-5H3. The van der Waals surface area contributed by atoms with E-state index in [4.69, 9.17) is 0 Å². The fourth-order valence-electron chi connectivity index (χ4n) is 3.75. The number of rotatable bonds is 3. The predicted molar refractivity (Wildman–Crippen MR) is 106 cm³/mol. The molecule has 0 aliphatic carbocycles. The summed E-state index contributed by atoms with van der Waals surface area (Å²) < 4.78 is 4.17. The van der Waals surface area contributed by atoms with E-state index in [0.717, 1.165) is 12.1 Å². The maximum absolute atomic E-state index is 4.56. The molecule has 0 aliphatic rings. The smallest absolute Gasteiger partial charge is 0.136 e. The lowest BCUT2D eigenvalue weighted by molar-refractivity contribution is 0.501. The molecule has 0 amide bonds. The van der Waals surface area contributed by atoms with Crippen molar-refractivity contribution in [3.8, 4) is 0 Å². The van der Waals surface area contributed by atoms with Gasteiger partial charge >= 0.3 is 0 Å². The van der Waals surface area contributed by atoms with Crippen LogP contribution in [0.25, 0.3) is 11.2 Å². The molecule has 4 aromatic rings. The van der Waals surface area contributed by atoms with E-state index < -0.39 is 0 Å². The zero-order chi connectivity index (χ0) is 18.5. The minimum absolute atomic E-state index is 0.0268. The summed E-state index contributed by atoms with van der Waals surface area (Å²) in [6, 6.07) is 10.6. The Labute approximate surface area is 154 Å². The Kier molecular flexibility index (Phi) is 3.69. The average molecular weight is 346 g/mol. The van der Waals surface area contributed by atoms with E-state index in [1.165, 1.54) is 22.3 Å². The van der Waals surface area contributed by atoms with Crippen molar-refractivity contribution in [2.45, 2.75) is 51.9 Å². The van der Waals surface area contributed by atoms with E-state index >= 15 is 0 Å². The van der Waals surface area contributed by atoms with Crippen LogP contribution in [0.3, 0.4) is 0 Å². The SMILES string of the molecule is CC(C)(C)c1cnn2ccc(CC(C)(C)c3cnc4ccccn34)cc12. The molecule has 0 radical (unpaired) electrons. The molecule has 0 spiro atoms. The molecular formula is C22H26N4. The maximum atomic E-state index is 4.56. The van der Waals surface area contributed by atoms with Crippen LogP contribution in [-0.2, 0) is 17.3 Å². The number of pyridine rings is 2. The Hall–Kier alpha value is -2.62. The fraction of sp³-hybridized carbons (Fsp3) is 0.364. The molecular weight excluding hydrogens is 320 g/mol. The second-order valence-electron chi connectivity index (χ2n) is 8.81. The van der Waals surface area contributed by atoms with Crippen LogP contribution in [0.5, 0.6) is 0 Å². The number of imidazole rings is 1. The van der Waals surface area contributed by atoms with Crippen molar-refractivity contribution in [3.63, 3.8) is 0 Å². The number of fused-ring (bicyclic) bond motifs is 2. The van der Waals surface area contributed by atoms with Crippen LogP contribution in [0.1, 0.15) is 51.4 Å². The van der Waals surface area contributed by atoms with Crippen LogP contribution in [0.4, 0.5) is 0 Å². The Balaban J connectivity index is 1.74. The Morgan fingerprint density at radius 1 is 0.962 bits per heavy atom. The molecule has 0 saturated heterocycles. The van der Waals surface area contributed by atoms with Crippen LogP contribution in [0.2, 0.25) is 0 Å². The average Bonchev–Trinajstić information content (AvgIpc) is 3.18. The summed E-state index contributed by atoms with van der Waals surface area (Å²) in [5.41, 5.74) is 6.09. The summed E-state index contributed by atoms with van der Waals surface area (Å²) in [5, 5.41) is 4.52. The minimum atomic E-state index is -0.0268. The molecule has 0 unspecified atom stereocenters. The molecule has 4 rings (SSSR count). The van der Waals surface area contributed by atoms with Gasteiger partial charge in [0.15, 0.2) is 0 Å². The highest BCUT2D eigenvalue weighted by atomic mass is 15.2. The van der Waals surface area contributed by atoms with E-state index in [-0.39, 0.29) is 10.8 Å². The van der Waals surface area contributed by atoms with Crippen molar-refractivity contribution in [1.29, 1.82) is 0 Å². The van der Waals surface area contributed by atoms with Gasteiger partial charge in [0.1, 0.15) is 5.65 Å². The van der Waals surface area contributed by atoms with E-state index in [2.05, 4.69) is 79.7 Å². The quantitative estimate of drug-likeness (QED) is 0.534. The van der Waals surface area contributed by atoms with Crippen molar-refractivity contribution in [2.75, 3.05) is 0 Å². The lowest BCUT2D eigenvalue weighted by Gasteiger charge is -2.25. The fourth-order valence-corrected chi connectivity index (χ4v) is 3.75. The highest BCUT2D eigenvalue weighted by molar-refractivity contribution is 5.58. The molecule has 0 aliphatic heterocycles. The van der Waals surface area contributed by atoms with Gasteiger partial charge in [0.25, 0.3) is 0 Å². The van der Waals surface area contributed by atoms with Crippen LogP contribution in [0, 0.1) is 0 Å². The van der Waals surface area contributed by atoms with Gasteiger partial charge in [-0.2, -0.15) is 5.10 Å². The van der Waals surface area contributed by atoms with Crippen molar-refractivity contribution in [1.82, 2.24) is 19.0 Å². The van der Waals surface area contributed by atoms with Gasteiger partial charge in [0.05, 0.1) is 11.7 Å². The van der Waals surface area contributed by atoms with Crippen molar-refractivity contribution >= 4 is 11.2 Å². The predicted octanol–water partition coefficient (Wildman–Crippen LogP) is 4.80. The first-order chi connectivity index (χ1) is 12.3. The molecule has 0 fully saturated rings. The van der Waals surface area contributed by atoms with E-state index in [9.17, 15) is 0 Å². The molecule has 26 heavy (non-hydrogen) atoms. The molecule has 0 N–H and O–H groups in total. The first-order valence-corrected chi connectivity index (χ1v) is 9.15. The van der Waals surface area contributed by atoms with Gasteiger partial charge in [0, 0.05) is 35.3 Å². The van der Waals surface area contributed by atoms with Crippen LogP contribution in [0.15, 0.2) is 55.1 Å². The van der Waals surface area contributed by atoms with Gasteiger partial charge in [-0.1, -0.05) is 40.7 Å². The summed E-state index contributed by atoms with van der Waals surface area (Å²) in [7, 11) is 0. The Bertz CT molecular complexity index is 1080. The van der Waals surface area contributed by atoms with Gasteiger partial charge in [-0.05, 0) is 41.7 Å². The highest BCUT2D eigenvalue weighted by Crippen LogP contribution is 2.31. The number of hydrogen-bond donors (Lipinski definition) is 0. The van der Waals surface area contributed by atoms with Crippen molar-refractivity contribution in [3.05, 3.63) is 71.9 Å². The number of hydrogen-bond acceptors (Lipinski definition) is 2. The van der Waals surface area contributed by atoms with Crippen LogP contribution < -0.4 is 0 Å². The monoisotopic (exact) mass is 346 g/mol. The first-order valence-electron chi connectivity index (χ1n) is 9.15. The lowest BCUT2D eigenvalue weighted by atomic mass is 9.82. The number of aromatic nitrogens is 4. The van der Waals surface area contributed by atoms with Gasteiger partial charge in [0.2, 0.25) is 0 Å². The van der Waals surface area contributed by atoms with Gasteiger partial charge in [-0.25, -0.2) is 9.50 Å². The third kappa shape index (κ3) is 2.79. The third-order valence-corrected chi connectivity index (χ3v) is 5.15. The van der Waals surface area contributed by atoms with E-state index in [1.54, 1.807) is 0 Å². The molecule has 0 atom stereocenters. The van der Waals surface area contributed by atoms with Crippen molar-refractivity contribution in [2.24, 2.45) is 0 Å². The molecule has 0 saturated carbocycles. The zero-order valence-electron chi connectivity index (χ0n) is 16.2. The molecule has 4 nitrogen and oxygen atoms in total. The molecule has 4 heteroatoms. The summed E-state index contributed by atoms with van der Waals surface area (Å²) in [5.74, 6) is 0. The van der Waals surface area contributed by atoms with E-state index in [1.807, 2.05) is 29.0 Å². The van der Waals surface area contributed by atoms with Crippen LogP contribution >= 0.6 is 0 Å². The summed E-state index contributed by atoms with van der Waals surface area (Å²) >= 11 is 0. The van der Waals surface area contributed by atoms with Crippen LogP contribution in [-0.4, -0.2) is 19.0 Å². The van der Waals surface area contributed by atoms with Crippen molar-refractivity contribution < 1.29 is 0 Å². The van der Waals surface area contributed by atoms with E-state index in [0.29, 0.717) is 0 Å². The largest absolute Gasteiger partial charge is 0.304 e. The number of nitrogens with zero attached hydrogens (tertiary/aromatic N) is 4. The normalized spacial score (nSPS) is 13.0. The Morgan fingerprint density at radius 2 is 1.77 bits per heavy atom. The lowest BCUT2D eigenvalue weighted by Crippen LogP contribution is -2.22. The molecule has 134 valence electrons. The maximum Gasteiger partial charge on any atom is 0.136 e. The second kappa shape index (κ2) is 5.70. The summed E-state index contributed by atoms with van der Waals surface area (Å²) in [6.07, 6.45) is 9.12. The topological polar surface area (TPSA) is 34.6 Å².